The Hall–Kier alpha value is -3.55. The van der Waals surface area contributed by atoms with Crippen LogP contribution < -0.4 is 4.74 Å². The predicted molar refractivity (Wildman–Crippen MR) is 134 cm³/mol. The van der Waals surface area contributed by atoms with Crippen molar-refractivity contribution in [2.45, 2.75) is 6.04 Å². The lowest BCUT2D eigenvalue weighted by molar-refractivity contribution is 0.0602. The van der Waals surface area contributed by atoms with Crippen molar-refractivity contribution in [2.24, 2.45) is 0 Å². The van der Waals surface area contributed by atoms with E-state index in [1.165, 1.54) is 11.1 Å². The molecule has 1 saturated heterocycles. The molecule has 0 saturated carbocycles. The zero-order chi connectivity index (χ0) is 23.3. The van der Waals surface area contributed by atoms with E-state index in [2.05, 4.69) is 63.0 Å². The highest BCUT2D eigenvalue weighted by molar-refractivity contribution is 7.08. The molecule has 1 aliphatic rings. The third-order valence-electron chi connectivity index (χ3n) is 6.22. The summed E-state index contributed by atoms with van der Waals surface area (Å²) in [5.74, 6) is 0.717. The fourth-order valence-electron chi connectivity index (χ4n) is 4.50. The molecule has 2 heterocycles. The molecule has 1 aromatic heterocycles. The molecular weight excluding hydrogens is 444 g/mol. The number of carbonyl (C=O) groups excluding carboxylic acids is 1. The third kappa shape index (κ3) is 4.58. The number of hydrogen-bond donors (Lipinski definition) is 0. The Labute approximate surface area is 203 Å². The summed E-state index contributed by atoms with van der Waals surface area (Å²) in [5, 5.41) is 4.26. The van der Waals surface area contributed by atoms with Crippen LogP contribution >= 0.6 is 11.5 Å². The Kier molecular flexibility index (Phi) is 6.65. The molecule has 172 valence electrons. The summed E-state index contributed by atoms with van der Waals surface area (Å²) in [7, 11) is 1.63. The van der Waals surface area contributed by atoms with E-state index in [9.17, 15) is 4.79 Å². The molecule has 0 spiro atoms. The van der Waals surface area contributed by atoms with Crippen LogP contribution in [0.2, 0.25) is 0 Å². The maximum Gasteiger partial charge on any atom is 0.267 e. The predicted octanol–water partition coefficient (Wildman–Crippen LogP) is 4.76. The highest BCUT2D eigenvalue weighted by Crippen LogP contribution is 2.31. The second-order valence-electron chi connectivity index (χ2n) is 8.23. The quantitative estimate of drug-likeness (QED) is 0.407. The van der Waals surface area contributed by atoms with Gasteiger partial charge in [-0.2, -0.15) is 0 Å². The Morgan fingerprint density at radius 1 is 0.882 bits per heavy atom. The molecule has 7 heteroatoms. The summed E-state index contributed by atoms with van der Waals surface area (Å²) in [5.41, 5.74) is 3.98. The van der Waals surface area contributed by atoms with Crippen LogP contribution in [0.5, 0.6) is 5.75 Å². The second-order valence-corrected chi connectivity index (χ2v) is 8.99. The molecule has 0 atom stereocenters. The zero-order valence-corrected chi connectivity index (χ0v) is 19.8. The molecule has 0 aliphatic carbocycles. The highest BCUT2D eigenvalue weighted by Gasteiger charge is 2.30. The molecule has 6 nitrogen and oxygen atoms in total. The molecule has 1 amide bonds. The number of methoxy groups -OCH3 is 1. The van der Waals surface area contributed by atoms with E-state index in [-0.39, 0.29) is 11.9 Å². The molecule has 34 heavy (non-hydrogen) atoms. The summed E-state index contributed by atoms with van der Waals surface area (Å²) in [4.78, 5) is 18.4. The summed E-state index contributed by atoms with van der Waals surface area (Å²) < 4.78 is 9.42. The van der Waals surface area contributed by atoms with Crippen molar-refractivity contribution >= 4 is 17.4 Å². The van der Waals surface area contributed by atoms with E-state index in [1.54, 1.807) is 7.11 Å². The first-order valence-corrected chi connectivity index (χ1v) is 12.1. The molecule has 0 N–H and O–H groups in total. The average Bonchev–Trinajstić information content (AvgIpc) is 3.40. The first-order valence-electron chi connectivity index (χ1n) is 11.3. The van der Waals surface area contributed by atoms with Crippen LogP contribution in [0.15, 0.2) is 84.9 Å². The number of ether oxygens (including phenoxy) is 1. The minimum absolute atomic E-state index is 0.0107. The van der Waals surface area contributed by atoms with Gasteiger partial charge in [0.25, 0.3) is 5.91 Å². The van der Waals surface area contributed by atoms with Gasteiger partial charge in [-0.05, 0) is 34.8 Å². The van der Waals surface area contributed by atoms with Gasteiger partial charge in [-0.15, -0.1) is 5.10 Å². The van der Waals surface area contributed by atoms with Crippen molar-refractivity contribution in [1.29, 1.82) is 0 Å². The Balaban J connectivity index is 1.33. The number of rotatable bonds is 6. The largest absolute Gasteiger partial charge is 0.497 e. The van der Waals surface area contributed by atoms with Gasteiger partial charge in [-0.25, -0.2) is 0 Å². The van der Waals surface area contributed by atoms with Crippen LogP contribution in [0.1, 0.15) is 26.8 Å². The van der Waals surface area contributed by atoms with E-state index >= 15 is 0 Å². The summed E-state index contributed by atoms with van der Waals surface area (Å²) in [6.45, 7) is 2.90. The fraction of sp³-hybridized carbons (Fsp3) is 0.222. The van der Waals surface area contributed by atoms with E-state index in [0.29, 0.717) is 23.7 Å². The Morgan fingerprint density at radius 3 is 2.15 bits per heavy atom. The van der Waals surface area contributed by atoms with Crippen molar-refractivity contribution in [3.8, 4) is 17.0 Å². The van der Waals surface area contributed by atoms with Gasteiger partial charge in [0.15, 0.2) is 0 Å². The van der Waals surface area contributed by atoms with Crippen molar-refractivity contribution in [3.63, 3.8) is 0 Å². The Morgan fingerprint density at radius 2 is 1.53 bits per heavy atom. The normalized spacial score (nSPS) is 14.4. The lowest BCUT2D eigenvalue weighted by atomic mass is 9.96. The van der Waals surface area contributed by atoms with Gasteiger partial charge in [0, 0.05) is 31.7 Å². The van der Waals surface area contributed by atoms with Gasteiger partial charge in [-0.3, -0.25) is 9.69 Å². The van der Waals surface area contributed by atoms with Crippen LogP contribution in [0.4, 0.5) is 0 Å². The van der Waals surface area contributed by atoms with Crippen molar-refractivity contribution in [2.75, 3.05) is 33.3 Å². The van der Waals surface area contributed by atoms with E-state index in [0.717, 1.165) is 35.9 Å². The molecule has 1 aliphatic heterocycles. The number of amides is 1. The summed E-state index contributed by atoms with van der Waals surface area (Å²) >= 11 is 1.15. The van der Waals surface area contributed by atoms with Gasteiger partial charge in [0.2, 0.25) is 0 Å². The van der Waals surface area contributed by atoms with Crippen molar-refractivity contribution in [3.05, 3.63) is 101 Å². The molecule has 1 fully saturated rings. The standard InChI is InChI=1S/C27H26N4O2S/c1-33-23-14-8-13-22(19-23)24-26(34-29-28-24)27(32)31-17-15-30(16-18-31)25(20-9-4-2-5-10-20)21-11-6-3-7-12-21/h2-14,19,25H,15-18H2,1H3. The maximum atomic E-state index is 13.4. The van der Waals surface area contributed by atoms with Gasteiger partial charge in [0.05, 0.1) is 13.2 Å². The topological polar surface area (TPSA) is 58.6 Å². The van der Waals surface area contributed by atoms with Gasteiger partial charge >= 0.3 is 0 Å². The third-order valence-corrected chi connectivity index (χ3v) is 6.94. The Bertz CT molecular complexity index is 1200. The minimum atomic E-state index is -0.0107. The van der Waals surface area contributed by atoms with Crippen LogP contribution in [-0.2, 0) is 0 Å². The highest BCUT2D eigenvalue weighted by atomic mass is 32.1. The summed E-state index contributed by atoms with van der Waals surface area (Å²) in [6.07, 6.45) is 0. The fourth-order valence-corrected chi connectivity index (χ4v) is 5.16. The smallest absolute Gasteiger partial charge is 0.267 e. The van der Waals surface area contributed by atoms with E-state index in [1.807, 2.05) is 41.3 Å². The molecule has 4 aromatic rings. The van der Waals surface area contributed by atoms with Crippen LogP contribution in [-0.4, -0.2) is 58.6 Å². The first kappa shape index (κ1) is 22.3. The molecule has 0 unspecified atom stereocenters. The van der Waals surface area contributed by atoms with Gasteiger partial charge < -0.3 is 9.64 Å². The summed E-state index contributed by atoms with van der Waals surface area (Å²) in [6, 6.07) is 28.9. The SMILES string of the molecule is COc1cccc(-c2nnsc2C(=O)N2CCN(C(c3ccccc3)c3ccccc3)CC2)c1. The number of hydrogen-bond acceptors (Lipinski definition) is 6. The lowest BCUT2D eigenvalue weighted by Crippen LogP contribution is -2.49. The molecule has 0 bridgehead atoms. The number of carbonyl (C=O) groups is 1. The first-order chi connectivity index (χ1) is 16.7. The molecule has 5 rings (SSSR count). The average molecular weight is 471 g/mol. The zero-order valence-electron chi connectivity index (χ0n) is 19.0. The minimum Gasteiger partial charge on any atom is -0.497 e. The molecular formula is C27H26N4O2S. The van der Waals surface area contributed by atoms with Gasteiger partial charge in [-0.1, -0.05) is 77.3 Å². The van der Waals surface area contributed by atoms with Gasteiger partial charge in [0.1, 0.15) is 16.3 Å². The maximum absolute atomic E-state index is 13.4. The number of piperazine rings is 1. The van der Waals surface area contributed by atoms with Crippen LogP contribution in [0, 0.1) is 0 Å². The van der Waals surface area contributed by atoms with E-state index in [4.69, 9.17) is 4.74 Å². The van der Waals surface area contributed by atoms with Crippen LogP contribution in [0.3, 0.4) is 0 Å². The van der Waals surface area contributed by atoms with E-state index < -0.39 is 0 Å². The van der Waals surface area contributed by atoms with Crippen molar-refractivity contribution < 1.29 is 9.53 Å². The van der Waals surface area contributed by atoms with Crippen LogP contribution in [0.25, 0.3) is 11.3 Å². The number of nitrogens with zero attached hydrogens (tertiary/aromatic N) is 4. The number of aromatic nitrogens is 2. The molecule has 0 radical (unpaired) electrons. The lowest BCUT2D eigenvalue weighted by Gasteiger charge is -2.39. The second kappa shape index (κ2) is 10.2. The monoisotopic (exact) mass is 470 g/mol. The van der Waals surface area contributed by atoms with Crippen molar-refractivity contribution in [1.82, 2.24) is 19.4 Å². The number of benzene rings is 3. The molecule has 3 aromatic carbocycles.